The molecule has 2 aromatic rings. The lowest BCUT2D eigenvalue weighted by molar-refractivity contribution is -0.113. The predicted octanol–water partition coefficient (Wildman–Crippen LogP) is 3.38. The molecule has 0 spiro atoms. The fourth-order valence-corrected chi connectivity index (χ4v) is 3.60. The van der Waals surface area contributed by atoms with Gasteiger partial charge < -0.3 is 24.4 Å². The number of nitrogens with zero attached hydrogens (tertiary/aromatic N) is 1. The average Bonchev–Trinajstić information content (AvgIpc) is 2.78. The van der Waals surface area contributed by atoms with Crippen LogP contribution >= 0.6 is 11.6 Å². The number of nitrogens with one attached hydrogen (secondary N) is 1. The van der Waals surface area contributed by atoms with Crippen LogP contribution in [0.5, 0.6) is 5.75 Å². The zero-order valence-electron chi connectivity index (χ0n) is 16.4. The third-order valence-corrected chi connectivity index (χ3v) is 5.24. The molecule has 2 aliphatic rings. The smallest absolute Gasteiger partial charge is 0.340 e. The summed E-state index contributed by atoms with van der Waals surface area (Å²) in [6, 6.07) is 10.5. The Morgan fingerprint density at radius 2 is 1.93 bits per heavy atom. The van der Waals surface area contributed by atoms with Crippen LogP contribution in [0.2, 0.25) is 5.02 Å². The average molecular weight is 429 g/mol. The molecule has 1 fully saturated rings. The quantitative estimate of drug-likeness (QED) is 0.752. The number of anilines is 2. The van der Waals surface area contributed by atoms with Crippen molar-refractivity contribution in [3.63, 3.8) is 0 Å². The molecule has 0 atom stereocenters. The highest BCUT2D eigenvalue weighted by Crippen LogP contribution is 2.30. The molecule has 1 amide bonds. The first-order valence-electron chi connectivity index (χ1n) is 9.54. The van der Waals surface area contributed by atoms with E-state index in [9.17, 15) is 9.59 Å². The van der Waals surface area contributed by atoms with Gasteiger partial charge in [0, 0.05) is 29.4 Å². The number of carbonyl (C=O) groups is 2. The highest BCUT2D eigenvalue weighted by atomic mass is 35.5. The lowest BCUT2D eigenvalue weighted by atomic mass is 10.1. The van der Waals surface area contributed by atoms with Crippen molar-refractivity contribution in [2.24, 2.45) is 0 Å². The van der Waals surface area contributed by atoms with E-state index in [0.717, 1.165) is 24.3 Å². The summed E-state index contributed by atoms with van der Waals surface area (Å²) in [5.74, 6) is -0.211. The Labute approximate surface area is 179 Å². The van der Waals surface area contributed by atoms with E-state index in [-0.39, 0.29) is 18.1 Å². The van der Waals surface area contributed by atoms with Crippen LogP contribution in [0.15, 0.2) is 42.0 Å². The second-order valence-corrected chi connectivity index (χ2v) is 7.35. The Balaban J connectivity index is 1.59. The van der Waals surface area contributed by atoms with Crippen LogP contribution in [0.1, 0.15) is 15.9 Å². The molecule has 2 heterocycles. The summed E-state index contributed by atoms with van der Waals surface area (Å²) in [6.07, 6.45) is 1.74. The van der Waals surface area contributed by atoms with Crippen LogP contribution in [0.25, 0.3) is 6.08 Å². The zero-order valence-corrected chi connectivity index (χ0v) is 17.2. The first-order chi connectivity index (χ1) is 14.5. The van der Waals surface area contributed by atoms with Gasteiger partial charge in [0.2, 0.25) is 0 Å². The van der Waals surface area contributed by atoms with Crippen molar-refractivity contribution in [3.8, 4) is 5.75 Å². The Morgan fingerprint density at radius 3 is 2.70 bits per heavy atom. The van der Waals surface area contributed by atoms with Gasteiger partial charge in [0.1, 0.15) is 12.4 Å². The topological polar surface area (TPSA) is 77.1 Å². The van der Waals surface area contributed by atoms with Gasteiger partial charge in [-0.2, -0.15) is 0 Å². The Bertz CT molecular complexity index is 1010. The summed E-state index contributed by atoms with van der Waals surface area (Å²) >= 11 is 6.04. The maximum atomic E-state index is 12.8. The first kappa shape index (κ1) is 20.3. The zero-order chi connectivity index (χ0) is 21.1. The van der Waals surface area contributed by atoms with E-state index in [4.69, 9.17) is 25.8 Å². The summed E-state index contributed by atoms with van der Waals surface area (Å²) in [6.45, 7) is 2.86. The van der Waals surface area contributed by atoms with Gasteiger partial charge in [0.05, 0.1) is 37.1 Å². The molecule has 4 rings (SSSR count). The molecule has 2 aromatic carbocycles. The first-order valence-corrected chi connectivity index (χ1v) is 9.92. The minimum Gasteiger partial charge on any atom is -0.488 e. The van der Waals surface area contributed by atoms with Gasteiger partial charge in [-0.15, -0.1) is 0 Å². The molecule has 30 heavy (non-hydrogen) atoms. The molecular weight excluding hydrogens is 408 g/mol. The highest BCUT2D eigenvalue weighted by molar-refractivity contribution is 6.30. The normalized spacial score (nSPS) is 15.5. The number of halogens is 1. The minimum absolute atomic E-state index is 0.125. The number of benzene rings is 2. The standard InChI is InChI=1S/C22H21ClN2O5/c1-28-22(27)18-12-17(25-6-8-29-9-7-25)3-4-19(18)24-21(26)15-10-14-11-16(23)2-5-20(14)30-13-15/h2-5,10-12H,6-9,13H2,1H3,(H,24,26). The van der Waals surface area contributed by atoms with Crippen molar-refractivity contribution >= 4 is 40.9 Å². The molecule has 0 bridgehead atoms. The summed E-state index contributed by atoms with van der Waals surface area (Å²) in [5, 5.41) is 3.36. The molecule has 1 saturated heterocycles. The third-order valence-electron chi connectivity index (χ3n) is 5.01. The summed E-state index contributed by atoms with van der Waals surface area (Å²) < 4.78 is 15.9. The largest absolute Gasteiger partial charge is 0.488 e. The van der Waals surface area contributed by atoms with Crippen LogP contribution in [0.4, 0.5) is 11.4 Å². The van der Waals surface area contributed by atoms with Crippen molar-refractivity contribution in [2.45, 2.75) is 0 Å². The molecule has 7 nitrogen and oxygen atoms in total. The molecular formula is C22H21ClN2O5. The van der Waals surface area contributed by atoms with E-state index in [2.05, 4.69) is 10.2 Å². The number of morpholine rings is 1. The molecule has 2 aliphatic heterocycles. The van der Waals surface area contributed by atoms with Crippen LogP contribution < -0.4 is 15.0 Å². The molecule has 0 radical (unpaired) electrons. The number of ether oxygens (including phenoxy) is 3. The minimum atomic E-state index is -0.522. The lowest BCUT2D eigenvalue weighted by Crippen LogP contribution is -2.36. The second kappa shape index (κ2) is 8.77. The van der Waals surface area contributed by atoms with Gasteiger partial charge in [0.15, 0.2) is 0 Å². The van der Waals surface area contributed by atoms with Crippen LogP contribution in [-0.2, 0) is 14.3 Å². The van der Waals surface area contributed by atoms with Crippen molar-refractivity contribution in [2.75, 3.05) is 50.2 Å². The van der Waals surface area contributed by atoms with Gasteiger partial charge in [-0.3, -0.25) is 4.79 Å². The third kappa shape index (κ3) is 4.27. The van der Waals surface area contributed by atoms with Gasteiger partial charge >= 0.3 is 5.97 Å². The van der Waals surface area contributed by atoms with Crippen LogP contribution in [-0.4, -0.2) is 51.9 Å². The van der Waals surface area contributed by atoms with E-state index in [1.807, 2.05) is 6.07 Å². The maximum absolute atomic E-state index is 12.8. The van der Waals surface area contributed by atoms with E-state index < -0.39 is 5.97 Å². The van der Waals surface area contributed by atoms with Crippen LogP contribution in [0, 0.1) is 0 Å². The van der Waals surface area contributed by atoms with Gasteiger partial charge in [-0.25, -0.2) is 4.79 Å². The van der Waals surface area contributed by atoms with E-state index >= 15 is 0 Å². The number of hydrogen-bond donors (Lipinski definition) is 1. The van der Waals surface area contributed by atoms with Crippen molar-refractivity contribution in [3.05, 3.63) is 58.1 Å². The van der Waals surface area contributed by atoms with Gasteiger partial charge in [-0.05, 0) is 42.5 Å². The van der Waals surface area contributed by atoms with Crippen molar-refractivity contribution in [1.82, 2.24) is 0 Å². The number of methoxy groups -OCH3 is 1. The van der Waals surface area contributed by atoms with Gasteiger partial charge in [-0.1, -0.05) is 11.6 Å². The fourth-order valence-electron chi connectivity index (χ4n) is 3.42. The molecule has 156 valence electrons. The highest BCUT2D eigenvalue weighted by Gasteiger charge is 2.22. The molecule has 0 aromatic heterocycles. The molecule has 1 N–H and O–H groups in total. The SMILES string of the molecule is COC(=O)c1cc(N2CCOCC2)ccc1NC(=O)C1=Cc2cc(Cl)ccc2OC1. The summed E-state index contributed by atoms with van der Waals surface area (Å²) in [7, 11) is 1.31. The maximum Gasteiger partial charge on any atom is 0.340 e. The van der Waals surface area contributed by atoms with Gasteiger partial charge in [0.25, 0.3) is 5.91 Å². The lowest BCUT2D eigenvalue weighted by Gasteiger charge is -2.29. The molecule has 0 aliphatic carbocycles. The fraction of sp³-hybridized carbons (Fsp3) is 0.273. The van der Waals surface area contributed by atoms with E-state index in [1.165, 1.54) is 7.11 Å². The molecule has 8 heteroatoms. The Morgan fingerprint density at radius 1 is 1.13 bits per heavy atom. The Hall–Kier alpha value is -3.03. The summed E-state index contributed by atoms with van der Waals surface area (Å²) in [5.41, 5.74) is 2.70. The monoisotopic (exact) mass is 428 g/mol. The van der Waals surface area contributed by atoms with Crippen LogP contribution in [0.3, 0.4) is 0 Å². The van der Waals surface area contributed by atoms with E-state index in [1.54, 1.807) is 36.4 Å². The number of carbonyl (C=O) groups excluding carboxylic acids is 2. The summed E-state index contributed by atoms with van der Waals surface area (Å²) in [4.78, 5) is 27.3. The number of esters is 1. The molecule has 0 unspecified atom stereocenters. The number of fused-ring (bicyclic) bond motifs is 1. The number of amides is 1. The predicted molar refractivity (Wildman–Crippen MR) is 114 cm³/mol. The number of rotatable bonds is 4. The van der Waals surface area contributed by atoms with Crippen molar-refractivity contribution < 1.29 is 23.8 Å². The van der Waals surface area contributed by atoms with E-state index in [0.29, 0.717) is 35.2 Å². The Kier molecular flexibility index (Phi) is 5.92. The number of hydrogen-bond acceptors (Lipinski definition) is 6. The second-order valence-electron chi connectivity index (χ2n) is 6.92. The molecule has 0 saturated carbocycles. The van der Waals surface area contributed by atoms with Crippen molar-refractivity contribution in [1.29, 1.82) is 0 Å².